The number of aliphatic carboxylic acids is 1. The van der Waals surface area contributed by atoms with E-state index in [1.807, 2.05) is 0 Å². The van der Waals surface area contributed by atoms with Gasteiger partial charge in [0, 0.05) is 18.5 Å². The van der Waals surface area contributed by atoms with E-state index in [2.05, 4.69) is 0 Å². The topological polar surface area (TPSA) is 83.6 Å². The van der Waals surface area contributed by atoms with Gasteiger partial charge in [0.15, 0.2) is 0 Å². The molecule has 2 aliphatic rings. The Hall–Kier alpha value is -1.10. The molecule has 108 valence electrons. The SMILES string of the molecule is CC1(C(=O)O)CCCN1C(=O)CC1(N)CCCCC1. The van der Waals surface area contributed by atoms with Gasteiger partial charge in [-0.2, -0.15) is 0 Å². The first kappa shape index (κ1) is 14.3. The van der Waals surface area contributed by atoms with E-state index in [0.29, 0.717) is 13.0 Å². The van der Waals surface area contributed by atoms with Crippen LogP contribution in [0.3, 0.4) is 0 Å². The first-order valence-corrected chi connectivity index (χ1v) is 7.20. The van der Waals surface area contributed by atoms with Crippen LogP contribution in [-0.2, 0) is 9.59 Å². The van der Waals surface area contributed by atoms with E-state index < -0.39 is 17.0 Å². The smallest absolute Gasteiger partial charge is 0.329 e. The predicted octanol–water partition coefficient (Wildman–Crippen LogP) is 1.50. The van der Waals surface area contributed by atoms with Crippen LogP contribution >= 0.6 is 0 Å². The Morgan fingerprint density at radius 2 is 1.79 bits per heavy atom. The average Bonchev–Trinajstić information content (AvgIpc) is 2.73. The fourth-order valence-corrected chi connectivity index (χ4v) is 3.41. The van der Waals surface area contributed by atoms with Gasteiger partial charge in [0.05, 0.1) is 0 Å². The molecule has 1 heterocycles. The maximum absolute atomic E-state index is 12.4. The van der Waals surface area contributed by atoms with Crippen molar-refractivity contribution in [1.82, 2.24) is 4.90 Å². The number of likely N-dealkylation sites (tertiary alicyclic amines) is 1. The van der Waals surface area contributed by atoms with E-state index in [1.165, 1.54) is 11.3 Å². The summed E-state index contributed by atoms with van der Waals surface area (Å²) in [4.78, 5) is 25.3. The summed E-state index contributed by atoms with van der Waals surface area (Å²) in [6.07, 6.45) is 6.64. The molecule has 0 spiro atoms. The van der Waals surface area contributed by atoms with Gasteiger partial charge in [0.2, 0.25) is 5.91 Å². The number of carbonyl (C=O) groups is 2. The van der Waals surface area contributed by atoms with Crippen LogP contribution in [0.25, 0.3) is 0 Å². The third-order valence-electron chi connectivity index (χ3n) is 4.76. The summed E-state index contributed by atoms with van der Waals surface area (Å²) in [5.41, 5.74) is 4.84. The minimum Gasteiger partial charge on any atom is -0.480 e. The van der Waals surface area contributed by atoms with E-state index >= 15 is 0 Å². The standard InChI is InChI=1S/C14H24N2O3/c1-13(12(18)19)6-5-9-16(13)11(17)10-14(15)7-3-2-4-8-14/h2-10,15H2,1H3,(H,18,19). The third-order valence-corrected chi connectivity index (χ3v) is 4.76. The molecule has 0 radical (unpaired) electrons. The van der Waals surface area contributed by atoms with E-state index in [9.17, 15) is 14.7 Å². The van der Waals surface area contributed by atoms with Crippen LogP contribution < -0.4 is 5.73 Å². The highest BCUT2D eigenvalue weighted by molar-refractivity contribution is 5.87. The molecule has 0 bridgehead atoms. The molecule has 1 atom stereocenters. The summed E-state index contributed by atoms with van der Waals surface area (Å²) in [5.74, 6) is -1.00. The monoisotopic (exact) mass is 268 g/mol. The first-order valence-electron chi connectivity index (χ1n) is 7.20. The minimum absolute atomic E-state index is 0.0909. The largest absolute Gasteiger partial charge is 0.480 e. The van der Waals surface area contributed by atoms with Gasteiger partial charge < -0.3 is 15.7 Å². The number of carboxylic acid groups (broad SMARTS) is 1. The zero-order valence-corrected chi connectivity index (χ0v) is 11.7. The van der Waals surface area contributed by atoms with Gasteiger partial charge in [-0.1, -0.05) is 19.3 Å². The summed E-state index contributed by atoms with van der Waals surface area (Å²) < 4.78 is 0. The lowest BCUT2D eigenvalue weighted by atomic mass is 9.79. The molecule has 0 aromatic heterocycles. The Morgan fingerprint density at radius 1 is 1.16 bits per heavy atom. The second-order valence-corrected chi connectivity index (χ2v) is 6.33. The molecule has 1 amide bonds. The molecule has 1 saturated carbocycles. The van der Waals surface area contributed by atoms with Crippen LogP contribution in [0.2, 0.25) is 0 Å². The van der Waals surface area contributed by atoms with Crippen molar-refractivity contribution in [2.24, 2.45) is 5.73 Å². The third kappa shape index (κ3) is 2.76. The van der Waals surface area contributed by atoms with Gasteiger partial charge in [-0.15, -0.1) is 0 Å². The van der Waals surface area contributed by atoms with Gasteiger partial charge in [0.1, 0.15) is 5.54 Å². The molecule has 1 unspecified atom stereocenters. The van der Waals surface area contributed by atoms with Crippen molar-refractivity contribution in [2.45, 2.75) is 69.4 Å². The second-order valence-electron chi connectivity index (χ2n) is 6.33. The number of nitrogens with zero attached hydrogens (tertiary/aromatic N) is 1. The maximum atomic E-state index is 12.4. The van der Waals surface area contributed by atoms with Crippen LogP contribution in [0.1, 0.15) is 58.3 Å². The molecule has 2 fully saturated rings. The molecular weight excluding hydrogens is 244 g/mol. The number of rotatable bonds is 3. The lowest BCUT2D eigenvalue weighted by molar-refractivity contribution is -0.155. The second kappa shape index (κ2) is 5.12. The van der Waals surface area contributed by atoms with Crippen LogP contribution in [-0.4, -0.2) is 39.5 Å². The van der Waals surface area contributed by atoms with Crippen molar-refractivity contribution < 1.29 is 14.7 Å². The summed E-state index contributed by atoms with van der Waals surface area (Å²) >= 11 is 0. The fraction of sp³-hybridized carbons (Fsp3) is 0.857. The number of carbonyl (C=O) groups excluding carboxylic acids is 1. The van der Waals surface area contributed by atoms with Gasteiger partial charge >= 0.3 is 5.97 Å². The molecule has 1 saturated heterocycles. The molecule has 1 aliphatic carbocycles. The van der Waals surface area contributed by atoms with Crippen LogP contribution in [0.5, 0.6) is 0 Å². The maximum Gasteiger partial charge on any atom is 0.329 e. The van der Waals surface area contributed by atoms with Gasteiger partial charge in [0.25, 0.3) is 0 Å². The van der Waals surface area contributed by atoms with Gasteiger partial charge in [-0.25, -0.2) is 4.79 Å². The van der Waals surface area contributed by atoms with E-state index in [1.54, 1.807) is 6.92 Å². The van der Waals surface area contributed by atoms with Crippen molar-refractivity contribution in [2.75, 3.05) is 6.54 Å². The minimum atomic E-state index is -1.04. The number of carboxylic acids is 1. The van der Waals surface area contributed by atoms with E-state index in [-0.39, 0.29) is 12.3 Å². The van der Waals surface area contributed by atoms with E-state index in [0.717, 1.165) is 32.1 Å². The van der Waals surface area contributed by atoms with Gasteiger partial charge in [-0.3, -0.25) is 4.79 Å². The van der Waals surface area contributed by atoms with Crippen molar-refractivity contribution in [3.05, 3.63) is 0 Å². The number of amides is 1. The zero-order chi connectivity index (χ0) is 14.1. The van der Waals surface area contributed by atoms with Crippen LogP contribution in [0, 0.1) is 0 Å². The van der Waals surface area contributed by atoms with Crippen molar-refractivity contribution in [3.63, 3.8) is 0 Å². The molecule has 5 heteroatoms. The predicted molar refractivity (Wildman–Crippen MR) is 71.6 cm³/mol. The van der Waals surface area contributed by atoms with Gasteiger partial charge in [-0.05, 0) is 32.6 Å². The Kier molecular flexibility index (Phi) is 3.85. The molecule has 0 aromatic rings. The number of hydrogen-bond donors (Lipinski definition) is 2. The summed E-state index contributed by atoms with van der Waals surface area (Å²) in [5, 5.41) is 9.34. The fourth-order valence-electron chi connectivity index (χ4n) is 3.41. The number of nitrogens with two attached hydrogens (primary N) is 1. The molecular formula is C14H24N2O3. The summed E-state index contributed by atoms with van der Waals surface area (Å²) in [6, 6.07) is 0. The Bertz CT molecular complexity index is 377. The molecule has 19 heavy (non-hydrogen) atoms. The first-order chi connectivity index (χ1) is 8.87. The molecule has 1 aliphatic heterocycles. The quantitative estimate of drug-likeness (QED) is 0.812. The molecule has 2 rings (SSSR count). The highest BCUT2D eigenvalue weighted by atomic mass is 16.4. The van der Waals surface area contributed by atoms with Crippen molar-refractivity contribution >= 4 is 11.9 Å². The molecule has 3 N–H and O–H groups in total. The van der Waals surface area contributed by atoms with E-state index in [4.69, 9.17) is 5.73 Å². The molecule has 5 nitrogen and oxygen atoms in total. The normalized spacial score (nSPS) is 30.3. The summed E-state index contributed by atoms with van der Waals surface area (Å²) in [6.45, 7) is 2.18. The van der Waals surface area contributed by atoms with Crippen molar-refractivity contribution in [1.29, 1.82) is 0 Å². The Labute approximate surface area is 114 Å². The average molecular weight is 268 g/mol. The highest BCUT2D eigenvalue weighted by Crippen LogP contribution is 2.34. The summed E-state index contributed by atoms with van der Waals surface area (Å²) in [7, 11) is 0. The van der Waals surface area contributed by atoms with Crippen molar-refractivity contribution in [3.8, 4) is 0 Å². The molecule has 0 aromatic carbocycles. The van der Waals surface area contributed by atoms with Crippen LogP contribution in [0.4, 0.5) is 0 Å². The lowest BCUT2D eigenvalue weighted by Crippen LogP contribution is -2.54. The number of hydrogen-bond acceptors (Lipinski definition) is 3. The Balaban J connectivity index is 2.05. The highest BCUT2D eigenvalue weighted by Gasteiger charge is 2.47. The lowest BCUT2D eigenvalue weighted by Gasteiger charge is -2.37. The Morgan fingerprint density at radius 3 is 2.37 bits per heavy atom. The zero-order valence-electron chi connectivity index (χ0n) is 11.7. The van der Waals surface area contributed by atoms with Crippen LogP contribution in [0.15, 0.2) is 0 Å².